The van der Waals surface area contributed by atoms with E-state index in [2.05, 4.69) is 94.3 Å². The van der Waals surface area contributed by atoms with Crippen LogP contribution in [-0.4, -0.2) is 68.5 Å². The standard InChI is InChI=1S/C37H54N6O4S2Si2/c1-12-46-34(44)31-30(18-15-21-47-51(10,11)26(3)37(4,5)6)49-35(38-31)42-20-19-27-25(2)32(40-41-33(27)42)39-36-43(24-45-22-23-50(7,8)9)28-16-13-14-17-29(28)48-36/h13-18,26H,12,19-24H2,1-11H3/b18-15+,39-36?. The molecule has 0 spiro atoms. The van der Waals surface area contributed by atoms with Crippen molar-refractivity contribution < 1.29 is 18.7 Å². The summed E-state index contributed by atoms with van der Waals surface area (Å²) in [7, 11) is -3.14. The molecule has 0 bridgehead atoms. The Kier molecular flexibility index (Phi) is 12.2. The molecule has 1 unspecified atom stereocenters. The van der Waals surface area contributed by atoms with Crippen LogP contribution in [0.1, 0.15) is 61.1 Å². The van der Waals surface area contributed by atoms with E-state index in [4.69, 9.17) is 23.9 Å². The second kappa shape index (κ2) is 15.9. The van der Waals surface area contributed by atoms with Gasteiger partial charge in [0, 0.05) is 32.4 Å². The van der Waals surface area contributed by atoms with E-state index in [0.717, 1.165) is 55.9 Å². The molecule has 0 aliphatic carbocycles. The summed E-state index contributed by atoms with van der Waals surface area (Å²) in [5.74, 6) is 0.908. The van der Waals surface area contributed by atoms with Crippen LogP contribution in [0.25, 0.3) is 16.3 Å². The molecule has 5 rings (SSSR count). The summed E-state index contributed by atoms with van der Waals surface area (Å²) in [5, 5.41) is 10.00. The second-order valence-electron chi connectivity index (χ2n) is 15.9. The number of hydrogen-bond acceptors (Lipinski definition) is 11. The number of esters is 1. The molecule has 0 fully saturated rings. The third kappa shape index (κ3) is 9.32. The first-order valence-corrected chi connectivity index (χ1v) is 26.2. The lowest BCUT2D eigenvalue weighted by Gasteiger charge is -2.38. The lowest BCUT2D eigenvalue weighted by atomic mass is 9.93. The summed E-state index contributed by atoms with van der Waals surface area (Å²) in [6, 6.07) is 9.42. The number of hydrogen-bond donors (Lipinski definition) is 0. The zero-order valence-corrected chi connectivity index (χ0v) is 35.8. The van der Waals surface area contributed by atoms with Crippen LogP contribution in [-0.2, 0) is 27.1 Å². The highest BCUT2D eigenvalue weighted by atomic mass is 32.1. The van der Waals surface area contributed by atoms with Crippen LogP contribution in [0, 0.1) is 12.3 Å². The molecule has 276 valence electrons. The highest BCUT2D eigenvalue weighted by Crippen LogP contribution is 2.41. The molecule has 3 aromatic heterocycles. The Morgan fingerprint density at radius 3 is 2.57 bits per heavy atom. The van der Waals surface area contributed by atoms with Gasteiger partial charge in [-0.05, 0) is 68.6 Å². The van der Waals surface area contributed by atoms with Gasteiger partial charge in [-0.2, -0.15) is 4.99 Å². The number of fused-ring (bicyclic) bond motifs is 2. The maximum atomic E-state index is 13.0. The van der Waals surface area contributed by atoms with Gasteiger partial charge < -0.3 is 18.8 Å². The van der Waals surface area contributed by atoms with Crippen molar-refractivity contribution in [2.24, 2.45) is 10.4 Å². The predicted octanol–water partition coefficient (Wildman–Crippen LogP) is 9.34. The number of nitrogens with zero attached hydrogens (tertiary/aromatic N) is 6. The molecule has 0 N–H and O–H groups in total. The van der Waals surface area contributed by atoms with E-state index < -0.39 is 22.4 Å². The summed E-state index contributed by atoms with van der Waals surface area (Å²) < 4.78 is 21.3. The van der Waals surface area contributed by atoms with Gasteiger partial charge in [-0.3, -0.25) is 4.57 Å². The van der Waals surface area contributed by atoms with Gasteiger partial charge in [-0.25, -0.2) is 9.78 Å². The molecule has 0 amide bonds. The van der Waals surface area contributed by atoms with Crippen molar-refractivity contribution in [3.8, 4) is 0 Å². The van der Waals surface area contributed by atoms with E-state index in [0.29, 0.717) is 42.1 Å². The zero-order chi connectivity index (χ0) is 37.1. The minimum absolute atomic E-state index is 0.174. The van der Waals surface area contributed by atoms with Crippen LogP contribution in [0.5, 0.6) is 0 Å². The first-order chi connectivity index (χ1) is 24.0. The minimum Gasteiger partial charge on any atom is -0.461 e. The van der Waals surface area contributed by atoms with Gasteiger partial charge in [0.05, 0.1) is 28.3 Å². The number of carbonyl (C=O) groups excluding carboxylic acids is 1. The van der Waals surface area contributed by atoms with Crippen molar-refractivity contribution in [3.05, 3.63) is 56.8 Å². The van der Waals surface area contributed by atoms with Crippen molar-refractivity contribution in [2.45, 2.75) is 99.0 Å². The topological polar surface area (TPSA) is 104 Å². The summed E-state index contributed by atoms with van der Waals surface area (Å²) >= 11 is 3.08. The highest BCUT2D eigenvalue weighted by Gasteiger charge is 2.38. The Hall–Kier alpha value is -3.02. The second-order valence-corrected chi connectivity index (χ2v) is 27.9. The molecule has 0 saturated heterocycles. The number of thiazole rings is 2. The molecular weight excluding hydrogens is 713 g/mol. The Balaban J connectivity index is 1.41. The molecule has 4 heterocycles. The van der Waals surface area contributed by atoms with Gasteiger partial charge in [0.25, 0.3) is 0 Å². The summed E-state index contributed by atoms with van der Waals surface area (Å²) in [5.41, 5.74) is 4.12. The molecule has 1 atom stereocenters. The van der Waals surface area contributed by atoms with Gasteiger partial charge in [0.15, 0.2) is 35.6 Å². The first kappa shape index (κ1) is 39.2. The Labute approximate surface area is 312 Å². The van der Waals surface area contributed by atoms with Crippen molar-refractivity contribution in [1.29, 1.82) is 0 Å². The number of benzene rings is 1. The van der Waals surface area contributed by atoms with Crippen LogP contribution in [0.3, 0.4) is 0 Å². The Bertz CT molecular complexity index is 1950. The Morgan fingerprint density at radius 1 is 1.12 bits per heavy atom. The van der Waals surface area contributed by atoms with E-state index in [-0.39, 0.29) is 12.0 Å². The van der Waals surface area contributed by atoms with Crippen molar-refractivity contribution in [1.82, 2.24) is 19.7 Å². The fraction of sp³-hybridized carbons (Fsp3) is 0.541. The molecule has 0 saturated carbocycles. The number of ether oxygens (including phenoxy) is 2. The van der Waals surface area contributed by atoms with Crippen LogP contribution in [0.15, 0.2) is 35.3 Å². The van der Waals surface area contributed by atoms with Crippen molar-refractivity contribution in [3.63, 3.8) is 0 Å². The maximum Gasteiger partial charge on any atom is 0.358 e. The van der Waals surface area contributed by atoms with Gasteiger partial charge in [-0.15, -0.1) is 10.2 Å². The average Bonchev–Trinajstić information content (AvgIpc) is 3.77. The number of rotatable bonds is 14. The molecule has 1 aliphatic heterocycles. The van der Waals surface area contributed by atoms with Crippen LogP contribution < -0.4 is 9.70 Å². The van der Waals surface area contributed by atoms with Gasteiger partial charge in [0.2, 0.25) is 0 Å². The summed E-state index contributed by atoms with van der Waals surface area (Å²) in [6.45, 7) is 27.1. The zero-order valence-electron chi connectivity index (χ0n) is 32.1. The third-order valence-corrected chi connectivity index (χ3v) is 17.3. The van der Waals surface area contributed by atoms with Crippen LogP contribution >= 0.6 is 22.7 Å². The monoisotopic (exact) mass is 766 g/mol. The first-order valence-electron chi connectivity index (χ1n) is 17.8. The summed E-state index contributed by atoms with van der Waals surface area (Å²) in [4.78, 5) is 26.5. The van der Waals surface area contributed by atoms with E-state index in [1.165, 1.54) is 11.3 Å². The van der Waals surface area contributed by atoms with E-state index in [1.54, 1.807) is 18.3 Å². The SMILES string of the molecule is CCOC(=O)c1nc(N2CCc3c2nnc(N=c2sc4ccccc4n2COCC[Si](C)(C)C)c3C)sc1/C=C/CO[Si](C)(C)C(C)C(C)(C)C. The van der Waals surface area contributed by atoms with E-state index >= 15 is 0 Å². The fourth-order valence-electron chi connectivity index (χ4n) is 6.01. The largest absolute Gasteiger partial charge is 0.461 e. The lowest BCUT2D eigenvalue weighted by molar-refractivity contribution is 0.0520. The van der Waals surface area contributed by atoms with E-state index in [9.17, 15) is 4.79 Å². The van der Waals surface area contributed by atoms with Crippen LogP contribution in [0.2, 0.25) is 44.3 Å². The van der Waals surface area contributed by atoms with Gasteiger partial charge in [-0.1, -0.05) is 88.2 Å². The number of carbonyl (C=O) groups is 1. The predicted molar refractivity (Wildman–Crippen MR) is 216 cm³/mol. The third-order valence-electron chi connectivity index (χ3n) is 9.65. The quantitative estimate of drug-likeness (QED) is 0.0711. The van der Waals surface area contributed by atoms with Gasteiger partial charge >= 0.3 is 5.97 Å². The minimum atomic E-state index is -1.94. The van der Waals surface area contributed by atoms with Crippen molar-refractivity contribution >= 4 is 78.1 Å². The van der Waals surface area contributed by atoms with Crippen molar-refractivity contribution in [2.75, 3.05) is 31.3 Å². The van der Waals surface area contributed by atoms with E-state index in [1.807, 2.05) is 29.2 Å². The highest BCUT2D eigenvalue weighted by molar-refractivity contribution is 7.17. The fourth-order valence-corrected chi connectivity index (χ4v) is 11.7. The molecule has 51 heavy (non-hydrogen) atoms. The number of aromatic nitrogens is 4. The molecule has 0 radical (unpaired) electrons. The maximum absolute atomic E-state index is 13.0. The smallest absolute Gasteiger partial charge is 0.358 e. The molecular formula is C37H54N6O4S2Si2. The molecule has 4 aromatic rings. The molecule has 10 nitrogen and oxygen atoms in total. The lowest BCUT2D eigenvalue weighted by Crippen LogP contribution is -2.41. The molecule has 1 aliphatic rings. The molecule has 1 aromatic carbocycles. The Morgan fingerprint density at radius 2 is 1.86 bits per heavy atom. The number of para-hydroxylation sites is 1. The van der Waals surface area contributed by atoms with Crippen LogP contribution in [0.4, 0.5) is 16.8 Å². The summed E-state index contributed by atoms with van der Waals surface area (Å²) in [6.07, 6.45) is 4.69. The number of anilines is 2. The normalized spacial score (nSPS) is 15.0. The molecule has 14 heteroatoms. The average molecular weight is 767 g/mol. The van der Waals surface area contributed by atoms with Gasteiger partial charge in [0.1, 0.15) is 6.73 Å².